The van der Waals surface area contributed by atoms with E-state index >= 15 is 0 Å². The number of rotatable bonds is 8. The van der Waals surface area contributed by atoms with E-state index in [1.807, 2.05) is 6.07 Å². The Kier molecular flexibility index (Phi) is 7.15. The second-order valence-electron chi connectivity index (χ2n) is 5.53. The van der Waals surface area contributed by atoms with Crippen molar-refractivity contribution in [1.82, 2.24) is 9.80 Å². The molecule has 22 heavy (non-hydrogen) atoms. The fourth-order valence-electron chi connectivity index (χ4n) is 2.32. The van der Waals surface area contributed by atoms with Gasteiger partial charge in [0.25, 0.3) is 0 Å². The molecule has 2 N–H and O–H groups in total. The van der Waals surface area contributed by atoms with Gasteiger partial charge in [-0.2, -0.15) is 0 Å². The third-order valence-electron chi connectivity index (χ3n) is 3.53. The van der Waals surface area contributed by atoms with Gasteiger partial charge in [-0.05, 0) is 12.6 Å². The first-order chi connectivity index (χ1) is 10.7. The van der Waals surface area contributed by atoms with Gasteiger partial charge in [0.15, 0.2) is 5.84 Å². The van der Waals surface area contributed by atoms with Gasteiger partial charge in [-0.15, -0.1) is 0 Å². The van der Waals surface area contributed by atoms with Crippen LogP contribution in [0.4, 0.5) is 0 Å². The molecule has 0 spiro atoms. The maximum absolute atomic E-state index is 5.87. The van der Waals surface area contributed by atoms with Crippen LogP contribution in [0.5, 0.6) is 0 Å². The van der Waals surface area contributed by atoms with Crippen molar-refractivity contribution in [2.45, 2.75) is 6.54 Å². The fraction of sp³-hybridized carbons (Fsp3) is 0.562. The lowest BCUT2D eigenvalue weighted by Gasteiger charge is -2.25. The molecule has 6 heteroatoms. The molecule has 1 saturated heterocycles. The molecular formula is C16H26N4O2. The van der Waals surface area contributed by atoms with E-state index in [-0.39, 0.29) is 0 Å². The average molecular weight is 306 g/mol. The summed E-state index contributed by atoms with van der Waals surface area (Å²) >= 11 is 0. The summed E-state index contributed by atoms with van der Waals surface area (Å²) in [6.45, 7) is 6.21. The van der Waals surface area contributed by atoms with Crippen molar-refractivity contribution in [3.63, 3.8) is 0 Å². The molecule has 122 valence electrons. The van der Waals surface area contributed by atoms with E-state index in [2.05, 4.69) is 46.3 Å². The number of nitrogens with zero attached hydrogens (tertiary/aromatic N) is 3. The standard InChI is InChI=1S/C16H26N4O2/c1-19(13-15-5-3-2-4-6-15)7-12-22-18-16(17)14-20-8-10-21-11-9-20/h2-6H,7-14H2,1H3,(H2,17,18). The SMILES string of the molecule is CN(CCO/N=C(\N)CN1CCOCC1)Cc1ccccc1. The number of hydrogen-bond acceptors (Lipinski definition) is 5. The zero-order chi connectivity index (χ0) is 15.6. The Balaban J connectivity index is 1.60. The Morgan fingerprint density at radius 3 is 2.77 bits per heavy atom. The smallest absolute Gasteiger partial charge is 0.153 e. The predicted molar refractivity (Wildman–Crippen MR) is 87.6 cm³/mol. The number of nitrogens with two attached hydrogens (primary N) is 1. The largest absolute Gasteiger partial charge is 0.393 e. The minimum Gasteiger partial charge on any atom is -0.393 e. The molecule has 0 saturated carbocycles. The summed E-state index contributed by atoms with van der Waals surface area (Å²) < 4.78 is 5.30. The summed E-state index contributed by atoms with van der Waals surface area (Å²) in [6, 6.07) is 10.4. The molecule has 0 aromatic heterocycles. The maximum Gasteiger partial charge on any atom is 0.153 e. The highest BCUT2D eigenvalue weighted by molar-refractivity contribution is 5.81. The molecule has 1 heterocycles. The maximum atomic E-state index is 5.87. The van der Waals surface area contributed by atoms with Gasteiger partial charge in [-0.3, -0.25) is 9.80 Å². The molecule has 0 amide bonds. The van der Waals surface area contributed by atoms with Crippen molar-refractivity contribution in [3.8, 4) is 0 Å². The summed E-state index contributed by atoms with van der Waals surface area (Å²) in [5.74, 6) is 0.521. The van der Waals surface area contributed by atoms with Crippen LogP contribution in [0.15, 0.2) is 35.5 Å². The summed E-state index contributed by atoms with van der Waals surface area (Å²) in [7, 11) is 2.07. The second kappa shape index (κ2) is 9.40. The first kappa shape index (κ1) is 16.7. The number of likely N-dealkylation sites (N-methyl/N-ethyl adjacent to an activating group) is 1. The highest BCUT2D eigenvalue weighted by Crippen LogP contribution is 2.02. The second-order valence-corrected chi connectivity index (χ2v) is 5.53. The molecule has 1 aromatic rings. The summed E-state index contributed by atoms with van der Waals surface area (Å²) in [5, 5.41) is 3.98. The van der Waals surface area contributed by atoms with Crippen molar-refractivity contribution < 1.29 is 9.57 Å². The first-order valence-corrected chi connectivity index (χ1v) is 7.71. The molecule has 0 atom stereocenters. The van der Waals surface area contributed by atoms with E-state index in [4.69, 9.17) is 15.3 Å². The fourth-order valence-corrected chi connectivity index (χ4v) is 2.32. The van der Waals surface area contributed by atoms with Gasteiger partial charge in [0.2, 0.25) is 0 Å². The Labute approximate surface area is 132 Å². The number of amidine groups is 1. The number of hydrogen-bond donors (Lipinski definition) is 1. The normalized spacial score (nSPS) is 16.9. The van der Waals surface area contributed by atoms with Gasteiger partial charge in [0.1, 0.15) is 6.61 Å². The zero-order valence-electron chi connectivity index (χ0n) is 13.3. The van der Waals surface area contributed by atoms with Crippen molar-refractivity contribution in [3.05, 3.63) is 35.9 Å². The van der Waals surface area contributed by atoms with E-state index in [1.54, 1.807) is 0 Å². The monoisotopic (exact) mass is 306 g/mol. The van der Waals surface area contributed by atoms with E-state index in [1.165, 1.54) is 5.56 Å². The summed E-state index contributed by atoms with van der Waals surface area (Å²) in [6.07, 6.45) is 0. The zero-order valence-corrected chi connectivity index (χ0v) is 13.3. The number of morpholine rings is 1. The molecule has 0 bridgehead atoms. The number of benzene rings is 1. The Morgan fingerprint density at radius 1 is 1.32 bits per heavy atom. The molecule has 0 aliphatic carbocycles. The molecule has 1 aliphatic heterocycles. The van der Waals surface area contributed by atoms with Crippen LogP contribution in [0.25, 0.3) is 0 Å². The van der Waals surface area contributed by atoms with Gasteiger partial charge in [-0.1, -0.05) is 35.5 Å². The quantitative estimate of drug-likeness (QED) is 0.332. The van der Waals surface area contributed by atoms with Crippen LogP contribution in [-0.2, 0) is 16.1 Å². The lowest BCUT2D eigenvalue weighted by atomic mass is 10.2. The van der Waals surface area contributed by atoms with Gasteiger partial charge >= 0.3 is 0 Å². The first-order valence-electron chi connectivity index (χ1n) is 7.71. The van der Waals surface area contributed by atoms with Crippen LogP contribution in [0.2, 0.25) is 0 Å². The summed E-state index contributed by atoms with van der Waals surface area (Å²) in [5.41, 5.74) is 7.17. The third kappa shape index (κ3) is 6.43. The van der Waals surface area contributed by atoms with E-state index < -0.39 is 0 Å². The molecule has 6 nitrogen and oxygen atoms in total. The van der Waals surface area contributed by atoms with Gasteiger partial charge in [0, 0.05) is 26.2 Å². The van der Waals surface area contributed by atoms with E-state index in [0.29, 0.717) is 19.0 Å². The molecule has 1 aromatic carbocycles. The molecule has 0 unspecified atom stereocenters. The average Bonchev–Trinajstić information content (AvgIpc) is 2.53. The van der Waals surface area contributed by atoms with Crippen molar-refractivity contribution in [2.24, 2.45) is 10.9 Å². The molecule has 0 radical (unpaired) electrons. The lowest BCUT2D eigenvalue weighted by molar-refractivity contribution is 0.0443. The van der Waals surface area contributed by atoms with Crippen LogP contribution >= 0.6 is 0 Å². The van der Waals surface area contributed by atoms with Crippen LogP contribution < -0.4 is 5.73 Å². The minimum atomic E-state index is 0.521. The molecular weight excluding hydrogens is 280 g/mol. The van der Waals surface area contributed by atoms with Crippen LogP contribution in [0, 0.1) is 0 Å². The highest BCUT2D eigenvalue weighted by atomic mass is 16.6. The minimum absolute atomic E-state index is 0.521. The van der Waals surface area contributed by atoms with Gasteiger partial charge in [0.05, 0.1) is 19.8 Å². The van der Waals surface area contributed by atoms with Gasteiger partial charge < -0.3 is 15.3 Å². The van der Waals surface area contributed by atoms with E-state index in [9.17, 15) is 0 Å². The van der Waals surface area contributed by atoms with E-state index in [0.717, 1.165) is 39.4 Å². The Bertz CT molecular complexity index is 447. The van der Waals surface area contributed by atoms with Crippen LogP contribution in [0.3, 0.4) is 0 Å². The third-order valence-corrected chi connectivity index (χ3v) is 3.53. The number of ether oxygens (including phenoxy) is 1. The topological polar surface area (TPSA) is 63.3 Å². The molecule has 2 rings (SSSR count). The highest BCUT2D eigenvalue weighted by Gasteiger charge is 2.11. The van der Waals surface area contributed by atoms with Crippen LogP contribution in [0.1, 0.15) is 5.56 Å². The van der Waals surface area contributed by atoms with Crippen molar-refractivity contribution in [2.75, 3.05) is 53.0 Å². The Hall–Kier alpha value is -1.63. The Morgan fingerprint density at radius 2 is 2.05 bits per heavy atom. The van der Waals surface area contributed by atoms with Crippen LogP contribution in [-0.4, -0.2) is 68.7 Å². The lowest BCUT2D eigenvalue weighted by Crippen LogP contribution is -2.41. The van der Waals surface area contributed by atoms with Crippen molar-refractivity contribution in [1.29, 1.82) is 0 Å². The van der Waals surface area contributed by atoms with Gasteiger partial charge in [-0.25, -0.2) is 0 Å². The van der Waals surface area contributed by atoms with Crippen molar-refractivity contribution >= 4 is 5.84 Å². The molecule has 1 fully saturated rings. The number of oxime groups is 1. The molecule has 1 aliphatic rings. The summed E-state index contributed by atoms with van der Waals surface area (Å²) in [4.78, 5) is 9.72. The predicted octanol–water partition coefficient (Wildman–Crippen LogP) is 0.739.